The highest BCUT2D eigenvalue weighted by Gasteiger charge is 2.66. The quantitative estimate of drug-likeness (QED) is 0.623. The third kappa shape index (κ3) is 3.00. The first-order valence-corrected chi connectivity index (χ1v) is 15.2. The van der Waals surface area contributed by atoms with Gasteiger partial charge in [-0.2, -0.15) is 0 Å². The van der Waals surface area contributed by atoms with Crippen molar-refractivity contribution in [3.63, 3.8) is 0 Å². The molecule has 0 heterocycles. The van der Waals surface area contributed by atoms with Gasteiger partial charge in [0.2, 0.25) is 0 Å². The Morgan fingerprint density at radius 3 is 2.29 bits per heavy atom. The van der Waals surface area contributed by atoms with Crippen LogP contribution in [-0.4, -0.2) is 30.9 Å². The molecule has 0 bridgehead atoms. The molecule has 4 saturated carbocycles. The van der Waals surface area contributed by atoms with Gasteiger partial charge in [0.25, 0.3) is 0 Å². The highest BCUT2D eigenvalue weighted by atomic mass is 28.4. The number of fused-ring (bicyclic) bond motifs is 5. The second-order valence-electron chi connectivity index (χ2n) is 12.2. The first-order chi connectivity index (χ1) is 12.9. The molecule has 4 aliphatic carbocycles. The summed E-state index contributed by atoms with van der Waals surface area (Å²) in [6.45, 7) is 13.4. The van der Waals surface area contributed by atoms with Gasteiger partial charge >= 0.3 is 0 Å². The molecule has 0 aromatic carbocycles. The van der Waals surface area contributed by atoms with Crippen LogP contribution in [0.1, 0.15) is 78.6 Å². The van der Waals surface area contributed by atoms with Crippen LogP contribution in [0, 0.1) is 34.5 Å². The first-order valence-electron chi connectivity index (χ1n) is 11.8. The SMILES string of the molecule is CC(=O)C1(O)CCC2C3CCC4CC(O[Si](C)(C)C)CCC4(C)C3CCC21C. The standard InChI is InChI=1S/C24H42O3Si/c1-16(25)24(26)14-11-21-19-8-7-17-15-18(27-28(4,5)6)9-12-22(17,2)20(19)10-13-23(21,24)3/h17-21,26H,7-15H2,1-6H3. The van der Waals surface area contributed by atoms with Gasteiger partial charge in [0.15, 0.2) is 14.1 Å². The maximum Gasteiger partial charge on any atom is 0.184 e. The third-order valence-electron chi connectivity index (χ3n) is 9.87. The van der Waals surface area contributed by atoms with Gasteiger partial charge < -0.3 is 9.53 Å². The molecule has 0 amide bonds. The number of hydrogen-bond acceptors (Lipinski definition) is 3. The molecule has 0 aliphatic heterocycles. The number of hydrogen-bond donors (Lipinski definition) is 1. The van der Waals surface area contributed by atoms with Crippen molar-refractivity contribution in [2.24, 2.45) is 34.5 Å². The highest BCUT2D eigenvalue weighted by molar-refractivity contribution is 6.69. The van der Waals surface area contributed by atoms with E-state index >= 15 is 0 Å². The number of carbonyl (C=O) groups excluding carboxylic acids is 1. The van der Waals surface area contributed by atoms with Gasteiger partial charge in [-0.05, 0) is 113 Å². The van der Waals surface area contributed by atoms with E-state index in [9.17, 15) is 9.90 Å². The Hall–Kier alpha value is -0.193. The van der Waals surface area contributed by atoms with Gasteiger partial charge in [-0.3, -0.25) is 4.79 Å². The molecular formula is C24H42O3Si. The molecule has 4 aliphatic rings. The molecule has 4 rings (SSSR count). The Bertz CT molecular complexity index is 642. The second kappa shape index (κ2) is 6.65. The zero-order valence-electron chi connectivity index (χ0n) is 19.0. The van der Waals surface area contributed by atoms with E-state index in [0.29, 0.717) is 29.8 Å². The van der Waals surface area contributed by atoms with E-state index in [1.54, 1.807) is 6.92 Å². The molecule has 0 spiro atoms. The van der Waals surface area contributed by atoms with Crippen molar-refractivity contribution >= 4 is 14.1 Å². The van der Waals surface area contributed by atoms with Crippen molar-refractivity contribution in [3.8, 4) is 0 Å². The molecule has 4 fully saturated rings. The van der Waals surface area contributed by atoms with Crippen molar-refractivity contribution in [1.82, 2.24) is 0 Å². The van der Waals surface area contributed by atoms with Crippen molar-refractivity contribution in [3.05, 3.63) is 0 Å². The molecule has 8 atom stereocenters. The Balaban J connectivity index is 1.54. The number of rotatable bonds is 3. The van der Waals surface area contributed by atoms with E-state index < -0.39 is 13.9 Å². The van der Waals surface area contributed by atoms with Crippen LogP contribution in [0.5, 0.6) is 0 Å². The van der Waals surface area contributed by atoms with Crippen LogP contribution >= 0.6 is 0 Å². The fraction of sp³-hybridized carbons (Fsp3) is 0.958. The topological polar surface area (TPSA) is 46.5 Å². The maximum absolute atomic E-state index is 12.4. The first kappa shape index (κ1) is 21.1. The van der Waals surface area contributed by atoms with Crippen molar-refractivity contribution in [2.75, 3.05) is 0 Å². The summed E-state index contributed by atoms with van der Waals surface area (Å²) in [6, 6.07) is 0. The lowest BCUT2D eigenvalue weighted by Crippen LogP contribution is -2.58. The van der Waals surface area contributed by atoms with Crippen molar-refractivity contribution in [1.29, 1.82) is 0 Å². The molecule has 3 nitrogen and oxygen atoms in total. The van der Waals surface area contributed by atoms with Crippen LogP contribution in [0.15, 0.2) is 0 Å². The normalized spacial score (nSPS) is 51.2. The summed E-state index contributed by atoms with van der Waals surface area (Å²) in [6.07, 6.45) is 10.8. The minimum atomic E-state index is -1.47. The predicted molar refractivity (Wildman–Crippen MR) is 116 cm³/mol. The molecular weight excluding hydrogens is 364 g/mol. The van der Waals surface area contributed by atoms with Gasteiger partial charge in [0.05, 0.1) is 0 Å². The van der Waals surface area contributed by atoms with E-state index in [4.69, 9.17) is 4.43 Å². The summed E-state index contributed by atoms with van der Waals surface area (Å²) in [5, 5.41) is 11.3. The monoisotopic (exact) mass is 406 g/mol. The van der Waals surface area contributed by atoms with Gasteiger partial charge in [0.1, 0.15) is 5.60 Å². The van der Waals surface area contributed by atoms with Crippen molar-refractivity contribution in [2.45, 2.75) is 110 Å². The third-order valence-corrected chi connectivity index (χ3v) is 10.9. The molecule has 0 aromatic heterocycles. The van der Waals surface area contributed by atoms with Crippen molar-refractivity contribution < 1.29 is 14.3 Å². The Morgan fingerprint density at radius 2 is 1.64 bits per heavy atom. The Morgan fingerprint density at radius 1 is 0.964 bits per heavy atom. The fourth-order valence-corrected chi connectivity index (χ4v) is 9.63. The lowest BCUT2D eigenvalue weighted by atomic mass is 9.44. The second-order valence-corrected chi connectivity index (χ2v) is 16.7. The molecule has 160 valence electrons. The average molecular weight is 407 g/mol. The van der Waals surface area contributed by atoms with Crippen LogP contribution in [0.2, 0.25) is 19.6 Å². The summed E-state index contributed by atoms with van der Waals surface area (Å²) in [7, 11) is -1.47. The van der Waals surface area contributed by atoms with Crippen LogP contribution in [0.25, 0.3) is 0 Å². The van der Waals surface area contributed by atoms with E-state index in [1.807, 2.05) is 0 Å². The number of aliphatic hydroxyl groups is 1. The van der Waals surface area contributed by atoms with Crippen LogP contribution in [-0.2, 0) is 9.22 Å². The molecule has 8 unspecified atom stereocenters. The molecule has 0 radical (unpaired) electrons. The molecule has 28 heavy (non-hydrogen) atoms. The number of carbonyl (C=O) groups is 1. The average Bonchev–Trinajstić information content (AvgIpc) is 2.87. The molecule has 0 aromatic rings. The zero-order chi connectivity index (χ0) is 20.5. The number of ketones is 1. The smallest absolute Gasteiger partial charge is 0.184 e. The summed E-state index contributed by atoms with van der Waals surface area (Å²) in [5.74, 6) is 2.78. The number of Topliss-reactive ketones (excluding diaryl/α,β-unsaturated/α-hetero) is 1. The van der Waals surface area contributed by atoms with Crippen LogP contribution in [0.4, 0.5) is 0 Å². The molecule has 0 saturated heterocycles. The lowest BCUT2D eigenvalue weighted by Gasteiger charge is -2.61. The molecule has 4 heteroatoms. The van der Waals surface area contributed by atoms with Crippen LogP contribution < -0.4 is 0 Å². The summed E-state index contributed by atoms with van der Waals surface area (Å²) < 4.78 is 6.52. The minimum Gasteiger partial charge on any atom is -0.415 e. The van der Waals surface area contributed by atoms with E-state index in [0.717, 1.165) is 24.7 Å². The van der Waals surface area contributed by atoms with Gasteiger partial charge in [-0.1, -0.05) is 13.8 Å². The van der Waals surface area contributed by atoms with Crippen LogP contribution in [0.3, 0.4) is 0 Å². The predicted octanol–water partition coefficient (Wildman–Crippen LogP) is 5.57. The Labute approximate surface area is 173 Å². The summed E-state index contributed by atoms with van der Waals surface area (Å²) >= 11 is 0. The summed E-state index contributed by atoms with van der Waals surface area (Å²) in [5.41, 5.74) is -0.856. The highest BCUT2D eigenvalue weighted by Crippen LogP contribution is 2.68. The Kier molecular flexibility index (Phi) is 5.00. The van der Waals surface area contributed by atoms with Gasteiger partial charge in [0, 0.05) is 11.5 Å². The lowest BCUT2D eigenvalue weighted by molar-refractivity contribution is -0.170. The largest absolute Gasteiger partial charge is 0.415 e. The maximum atomic E-state index is 12.4. The van der Waals surface area contributed by atoms with E-state index in [-0.39, 0.29) is 11.2 Å². The minimum absolute atomic E-state index is 0.000137. The fourth-order valence-electron chi connectivity index (χ4n) is 8.42. The van der Waals surface area contributed by atoms with Gasteiger partial charge in [-0.15, -0.1) is 0 Å². The van der Waals surface area contributed by atoms with E-state index in [1.165, 1.54) is 38.5 Å². The zero-order valence-corrected chi connectivity index (χ0v) is 20.0. The van der Waals surface area contributed by atoms with Gasteiger partial charge in [-0.25, -0.2) is 0 Å². The summed E-state index contributed by atoms with van der Waals surface area (Å²) in [4.78, 5) is 12.4. The van der Waals surface area contributed by atoms with E-state index in [2.05, 4.69) is 33.5 Å². The molecule has 1 N–H and O–H groups in total.